The van der Waals surface area contributed by atoms with Gasteiger partial charge < -0.3 is 15.8 Å². The molecular formula is C14H23N3OS. The van der Waals surface area contributed by atoms with Crippen molar-refractivity contribution in [3.8, 4) is 5.88 Å². The standard InChI is InChI=1S/C14H23N3OS/c1-10(2)18-14-12(15)3-4-13(17-14)16-9-11-5-7-19-8-6-11/h3-4,10-11H,5-9,15H2,1-2H3,(H,16,17). The van der Waals surface area contributed by atoms with E-state index in [-0.39, 0.29) is 6.10 Å². The quantitative estimate of drug-likeness (QED) is 0.869. The molecule has 0 atom stereocenters. The van der Waals surface area contributed by atoms with Crippen LogP contribution in [0.15, 0.2) is 12.1 Å². The topological polar surface area (TPSA) is 60.2 Å². The molecule has 19 heavy (non-hydrogen) atoms. The Morgan fingerprint density at radius 3 is 2.84 bits per heavy atom. The van der Waals surface area contributed by atoms with Gasteiger partial charge in [0.2, 0.25) is 5.88 Å². The van der Waals surface area contributed by atoms with Crippen molar-refractivity contribution in [2.75, 3.05) is 29.1 Å². The van der Waals surface area contributed by atoms with E-state index in [1.165, 1.54) is 24.3 Å². The number of anilines is 2. The highest BCUT2D eigenvalue weighted by atomic mass is 32.2. The molecule has 2 rings (SSSR count). The van der Waals surface area contributed by atoms with Crippen LogP contribution >= 0.6 is 11.8 Å². The molecular weight excluding hydrogens is 258 g/mol. The molecule has 0 bridgehead atoms. The number of nitrogen functional groups attached to an aromatic ring is 1. The maximum atomic E-state index is 5.86. The third-order valence-corrected chi connectivity index (χ3v) is 4.20. The Labute approximate surface area is 119 Å². The van der Waals surface area contributed by atoms with Gasteiger partial charge >= 0.3 is 0 Å². The van der Waals surface area contributed by atoms with Crippen molar-refractivity contribution in [1.82, 2.24) is 4.98 Å². The highest BCUT2D eigenvalue weighted by Crippen LogP contribution is 2.25. The average Bonchev–Trinajstić information content (AvgIpc) is 2.40. The van der Waals surface area contributed by atoms with Crippen molar-refractivity contribution < 1.29 is 4.74 Å². The van der Waals surface area contributed by atoms with Crippen molar-refractivity contribution in [3.05, 3.63) is 12.1 Å². The summed E-state index contributed by atoms with van der Waals surface area (Å²) in [7, 11) is 0. The second kappa shape index (κ2) is 6.89. The fraction of sp³-hybridized carbons (Fsp3) is 0.643. The van der Waals surface area contributed by atoms with E-state index in [4.69, 9.17) is 10.5 Å². The highest BCUT2D eigenvalue weighted by molar-refractivity contribution is 7.99. The second-order valence-electron chi connectivity index (χ2n) is 5.19. The lowest BCUT2D eigenvalue weighted by atomic mass is 10.0. The third kappa shape index (κ3) is 4.49. The van der Waals surface area contributed by atoms with Gasteiger partial charge in [0.15, 0.2) is 0 Å². The first-order chi connectivity index (χ1) is 9.15. The summed E-state index contributed by atoms with van der Waals surface area (Å²) in [6, 6.07) is 3.77. The molecule has 1 aromatic rings. The first-order valence-electron chi connectivity index (χ1n) is 6.90. The van der Waals surface area contributed by atoms with Crippen molar-refractivity contribution in [2.24, 2.45) is 5.92 Å². The molecule has 1 aliphatic rings. The minimum Gasteiger partial charge on any atom is -0.473 e. The van der Waals surface area contributed by atoms with Crippen molar-refractivity contribution in [1.29, 1.82) is 0 Å². The van der Waals surface area contributed by atoms with Crippen LogP contribution in [0.5, 0.6) is 5.88 Å². The first kappa shape index (κ1) is 14.3. The summed E-state index contributed by atoms with van der Waals surface area (Å²) in [5, 5.41) is 3.40. The molecule has 0 saturated carbocycles. The molecule has 0 aromatic carbocycles. The molecule has 2 heterocycles. The number of nitrogens with two attached hydrogens (primary N) is 1. The first-order valence-corrected chi connectivity index (χ1v) is 8.05. The van der Waals surface area contributed by atoms with Crippen LogP contribution in [-0.2, 0) is 0 Å². The number of hydrogen-bond donors (Lipinski definition) is 2. The number of nitrogens with one attached hydrogen (secondary N) is 1. The number of ether oxygens (including phenoxy) is 1. The average molecular weight is 281 g/mol. The molecule has 0 radical (unpaired) electrons. The van der Waals surface area contributed by atoms with E-state index in [0.717, 1.165) is 18.3 Å². The SMILES string of the molecule is CC(C)Oc1nc(NCC2CCSCC2)ccc1N. The Morgan fingerprint density at radius 2 is 2.16 bits per heavy atom. The van der Waals surface area contributed by atoms with Gasteiger partial charge in [-0.2, -0.15) is 16.7 Å². The Balaban J connectivity index is 1.92. The van der Waals surface area contributed by atoms with Crippen LogP contribution in [0.25, 0.3) is 0 Å². The van der Waals surface area contributed by atoms with E-state index in [1.807, 2.05) is 26.0 Å². The molecule has 1 aliphatic heterocycles. The number of nitrogens with zero attached hydrogens (tertiary/aromatic N) is 1. The summed E-state index contributed by atoms with van der Waals surface area (Å²) < 4.78 is 5.60. The van der Waals surface area contributed by atoms with Crippen LogP contribution in [0.3, 0.4) is 0 Å². The molecule has 0 unspecified atom stereocenters. The molecule has 106 valence electrons. The molecule has 1 aromatic heterocycles. The van der Waals surface area contributed by atoms with Crippen LogP contribution in [0.1, 0.15) is 26.7 Å². The van der Waals surface area contributed by atoms with Gasteiger partial charge in [0.1, 0.15) is 5.82 Å². The lowest BCUT2D eigenvalue weighted by Crippen LogP contribution is -2.19. The normalized spacial score (nSPS) is 16.6. The number of hydrogen-bond acceptors (Lipinski definition) is 5. The van der Waals surface area contributed by atoms with Gasteiger partial charge in [-0.25, -0.2) is 0 Å². The number of thioether (sulfide) groups is 1. The van der Waals surface area contributed by atoms with E-state index in [9.17, 15) is 0 Å². The monoisotopic (exact) mass is 281 g/mol. The van der Waals surface area contributed by atoms with Crippen LogP contribution < -0.4 is 15.8 Å². The Bertz CT molecular complexity index is 406. The Kier molecular flexibility index (Phi) is 5.19. The van der Waals surface area contributed by atoms with Gasteiger partial charge in [0.05, 0.1) is 11.8 Å². The van der Waals surface area contributed by atoms with Crippen molar-refractivity contribution in [3.63, 3.8) is 0 Å². The Hall–Kier alpha value is -1.10. The Morgan fingerprint density at radius 1 is 1.42 bits per heavy atom. The van der Waals surface area contributed by atoms with E-state index in [0.29, 0.717) is 11.6 Å². The molecule has 3 N–H and O–H groups in total. The molecule has 0 spiro atoms. The van der Waals surface area contributed by atoms with Gasteiger partial charge in [-0.1, -0.05) is 0 Å². The van der Waals surface area contributed by atoms with Crippen LogP contribution in [-0.4, -0.2) is 29.1 Å². The van der Waals surface area contributed by atoms with Gasteiger partial charge in [0, 0.05) is 6.54 Å². The van der Waals surface area contributed by atoms with E-state index in [2.05, 4.69) is 22.1 Å². The van der Waals surface area contributed by atoms with E-state index in [1.54, 1.807) is 0 Å². The number of rotatable bonds is 5. The maximum Gasteiger partial charge on any atom is 0.239 e. The van der Waals surface area contributed by atoms with Crippen molar-refractivity contribution in [2.45, 2.75) is 32.8 Å². The number of aromatic nitrogens is 1. The van der Waals surface area contributed by atoms with Gasteiger partial charge in [0.25, 0.3) is 0 Å². The number of pyridine rings is 1. The summed E-state index contributed by atoms with van der Waals surface area (Å²) in [5.41, 5.74) is 6.45. The fourth-order valence-corrected chi connectivity index (χ4v) is 3.27. The van der Waals surface area contributed by atoms with Crippen LogP contribution in [0, 0.1) is 5.92 Å². The minimum absolute atomic E-state index is 0.0837. The van der Waals surface area contributed by atoms with Gasteiger partial charge in [-0.15, -0.1) is 0 Å². The van der Waals surface area contributed by atoms with Crippen molar-refractivity contribution >= 4 is 23.3 Å². The molecule has 4 nitrogen and oxygen atoms in total. The fourth-order valence-electron chi connectivity index (χ4n) is 2.07. The molecule has 0 amide bonds. The zero-order valence-corrected chi connectivity index (χ0v) is 12.5. The predicted octanol–water partition coefficient (Wildman–Crippen LogP) is 3.01. The summed E-state index contributed by atoms with van der Waals surface area (Å²) in [5.74, 6) is 4.70. The largest absolute Gasteiger partial charge is 0.473 e. The van der Waals surface area contributed by atoms with E-state index >= 15 is 0 Å². The summed E-state index contributed by atoms with van der Waals surface area (Å²) in [4.78, 5) is 4.43. The zero-order chi connectivity index (χ0) is 13.7. The highest BCUT2D eigenvalue weighted by Gasteiger charge is 2.14. The molecule has 1 saturated heterocycles. The van der Waals surface area contributed by atoms with Gasteiger partial charge in [-0.05, 0) is 56.2 Å². The predicted molar refractivity (Wildman–Crippen MR) is 83.0 cm³/mol. The summed E-state index contributed by atoms with van der Waals surface area (Å²) >= 11 is 2.05. The minimum atomic E-state index is 0.0837. The maximum absolute atomic E-state index is 5.86. The van der Waals surface area contributed by atoms with Gasteiger partial charge in [-0.3, -0.25) is 0 Å². The molecule has 1 fully saturated rings. The lowest BCUT2D eigenvalue weighted by molar-refractivity contribution is 0.234. The zero-order valence-electron chi connectivity index (χ0n) is 11.7. The second-order valence-corrected chi connectivity index (χ2v) is 6.42. The lowest BCUT2D eigenvalue weighted by Gasteiger charge is -2.22. The smallest absolute Gasteiger partial charge is 0.239 e. The third-order valence-electron chi connectivity index (χ3n) is 3.15. The summed E-state index contributed by atoms with van der Waals surface area (Å²) in [6.45, 7) is 4.93. The van der Waals surface area contributed by atoms with E-state index < -0.39 is 0 Å². The van der Waals surface area contributed by atoms with Crippen LogP contribution in [0.4, 0.5) is 11.5 Å². The van der Waals surface area contributed by atoms with Crippen LogP contribution in [0.2, 0.25) is 0 Å². The summed E-state index contributed by atoms with van der Waals surface area (Å²) in [6.07, 6.45) is 2.67. The molecule has 5 heteroatoms. The molecule has 0 aliphatic carbocycles.